The minimum absolute atomic E-state index is 0. The molecule has 1 N–H and O–H groups in total. The van der Waals surface area contributed by atoms with E-state index in [9.17, 15) is 0 Å². The van der Waals surface area contributed by atoms with E-state index in [4.69, 9.17) is 28.3 Å². The summed E-state index contributed by atoms with van der Waals surface area (Å²) < 4.78 is 0. The predicted octanol–water partition coefficient (Wildman–Crippen LogP) is 3.89. The van der Waals surface area contributed by atoms with Gasteiger partial charge in [-0.2, -0.15) is 0 Å². The van der Waals surface area contributed by atoms with Crippen molar-refractivity contribution in [2.45, 2.75) is 25.7 Å². The number of hydrogen-bond acceptors (Lipinski definition) is 3. The molecule has 0 radical (unpaired) electrons. The van der Waals surface area contributed by atoms with Crippen LogP contribution in [-0.2, 0) is 6.42 Å². The van der Waals surface area contributed by atoms with E-state index >= 15 is 0 Å². The average molecular weight is 426 g/mol. The fourth-order valence-corrected chi connectivity index (χ4v) is 3.22. The molecule has 1 heterocycles. The lowest BCUT2D eigenvalue weighted by atomic mass is 10.1. The van der Waals surface area contributed by atoms with Gasteiger partial charge in [-0.3, -0.25) is 0 Å². The van der Waals surface area contributed by atoms with E-state index in [0.29, 0.717) is 10.0 Å². The van der Waals surface area contributed by atoms with Crippen LogP contribution in [0, 0.1) is 0 Å². The van der Waals surface area contributed by atoms with E-state index < -0.39 is 0 Å². The van der Waals surface area contributed by atoms with Crippen molar-refractivity contribution in [1.82, 2.24) is 9.80 Å². The standard InChI is InChI=1S/C17H26Cl2N2O.BrH/c18-16-5-4-15(14-17(16)19)6-10-21(9-3-13-22)12-11-20-7-1-2-8-20;/h4-5,14,22H,1-3,6-13H2;1H. The Morgan fingerprint density at radius 1 is 1.04 bits per heavy atom. The third kappa shape index (κ3) is 7.72. The lowest BCUT2D eigenvalue weighted by molar-refractivity contribution is 0.201. The van der Waals surface area contributed by atoms with Gasteiger partial charge in [0.15, 0.2) is 0 Å². The van der Waals surface area contributed by atoms with Crippen LogP contribution in [0.5, 0.6) is 0 Å². The van der Waals surface area contributed by atoms with Gasteiger partial charge in [-0.15, -0.1) is 17.0 Å². The van der Waals surface area contributed by atoms with Gasteiger partial charge < -0.3 is 14.9 Å². The Morgan fingerprint density at radius 3 is 2.43 bits per heavy atom. The molecule has 0 amide bonds. The van der Waals surface area contributed by atoms with Crippen molar-refractivity contribution in [3.63, 3.8) is 0 Å². The molecule has 0 spiro atoms. The highest BCUT2D eigenvalue weighted by molar-refractivity contribution is 8.93. The van der Waals surface area contributed by atoms with E-state index in [-0.39, 0.29) is 23.6 Å². The number of rotatable bonds is 9. The Kier molecular flexibility index (Phi) is 10.8. The average Bonchev–Trinajstić information content (AvgIpc) is 3.03. The number of nitrogens with zero attached hydrogens (tertiary/aromatic N) is 2. The molecular weight excluding hydrogens is 399 g/mol. The summed E-state index contributed by atoms with van der Waals surface area (Å²) in [6, 6.07) is 5.86. The molecule has 0 atom stereocenters. The van der Waals surface area contributed by atoms with Crippen LogP contribution in [-0.4, -0.2) is 60.8 Å². The lowest BCUT2D eigenvalue weighted by Crippen LogP contribution is -2.36. The monoisotopic (exact) mass is 424 g/mol. The summed E-state index contributed by atoms with van der Waals surface area (Å²) in [4.78, 5) is 4.97. The lowest BCUT2D eigenvalue weighted by Gasteiger charge is -2.25. The summed E-state index contributed by atoms with van der Waals surface area (Å²) in [6.07, 6.45) is 4.46. The first-order valence-electron chi connectivity index (χ1n) is 8.18. The zero-order valence-electron chi connectivity index (χ0n) is 13.5. The van der Waals surface area contributed by atoms with Gasteiger partial charge >= 0.3 is 0 Å². The molecule has 0 aliphatic carbocycles. The smallest absolute Gasteiger partial charge is 0.0595 e. The van der Waals surface area contributed by atoms with Gasteiger partial charge in [-0.1, -0.05) is 29.3 Å². The number of aliphatic hydroxyl groups excluding tert-OH is 1. The second-order valence-electron chi connectivity index (χ2n) is 5.97. The van der Waals surface area contributed by atoms with Crippen molar-refractivity contribution in [2.75, 3.05) is 45.9 Å². The molecule has 23 heavy (non-hydrogen) atoms. The third-order valence-electron chi connectivity index (χ3n) is 4.26. The zero-order valence-corrected chi connectivity index (χ0v) is 16.7. The van der Waals surface area contributed by atoms with Crippen LogP contribution >= 0.6 is 40.2 Å². The topological polar surface area (TPSA) is 26.7 Å². The summed E-state index contributed by atoms with van der Waals surface area (Å²) in [6.45, 7) is 6.87. The highest BCUT2D eigenvalue weighted by Crippen LogP contribution is 2.22. The largest absolute Gasteiger partial charge is 0.396 e. The maximum Gasteiger partial charge on any atom is 0.0595 e. The summed E-state index contributed by atoms with van der Waals surface area (Å²) in [5.41, 5.74) is 1.21. The van der Waals surface area contributed by atoms with Gasteiger partial charge in [-0.05, 0) is 56.5 Å². The van der Waals surface area contributed by atoms with Crippen LogP contribution in [0.25, 0.3) is 0 Å². The number of hydrogen-bond donors (Lipinski definition) is 1. The molecule has 2 rings (SSSR count). The predicted molar refractivity (Wildman–Crippen MR) is 104 cm³/mol. The van der Waals surface area contributed by atoms with Crippen molar-refractivity contribution in [3.8, 4) is 0 Å². The first-order valence-corrected chi connectivity index (χ1v) is 8.94. The van der Waals surface area contributed by atoms with Crippen LogP contribution in [0.3, 0.4) is 0 Å². The number of halogens is 3. The molecule has 1 saturated heterocycles. The Hall–Kier alpha value is 0.160. The molecule has 3 nitrogen and oxygen atoms in total. The summed E-state index contributed by atoms with van der Waals surface area (Å²) in [5.74, 6) is 0. The van der Waals surface area contributed by atoms with Crippen LogP contribution in [0.4, 0.5) is 0 Å². The van der Waals surface area contributed by atoms with E-state index in [1.807, 2.05) is 18.2 Å². The van der Waals surface area contributed by atoms with Gasteiger partial charge in [0.2, 0.25) is 0 Å². The van der Waals surface area contributed by atoms with E-state index in [1.54, 1.807) is 0 Å². The first-order chi connectivity index (χ1) is 10.7. The van der Waals surface area contributed by atoms with Gasteiger partial charge in [0, 0.05) is 32.8 Å². The first kappa shape index (κ1) is 21.2. The molecule has 132 valence electrons. The normalized spacial score (nSPS) is 15.1. The second-order valence-corrected chi connectivity index (χ2v) is 6.78. The van der Waals surface area contributed by atoms with E-state index in [2.05, 4.69) is 9.80 Å². The Bertz CT molecular complexity index is 456. The fraction of sp³-hybridized carbons (Fsp3) is 0.647. The van der Waals surface area contributed by atoms with Gasteiger partial charge in [0.05, 0.1) is 10.0 Å². The van der Waals surface area contributed by atoms with Gasteiger partial charge in [0.1, 0.15) is 0 Å². The minimum Gasteiger partial charge on any atom is -0.396 e. The molecule has 6 heteroatoms. The molecule has 1 aromatic rings. The van der Waals surface area contributed by atoms with Crippen LogP contribution < -0.4 is 0 Å². The molecule has 1 fully saturated rings. The Balaban J connectivity index is 0.00000264. The molecule has 0 saturated carbocycles. The number of aliphatic hydroxyl groups is 1. The fourth-order valence-electron chi connectivity index (χ4n) is 2.90. The Morgan fingerprint density at radius 2 is 1.78 bits per heavy atom. The maximum atomic E-state index is 9.08. The summed E-state index contributed by atoms with van der Waals surface area (Å²) >= 11 is 12.0. The Labute approximate surface area is 160 Å². The van der Waals surface area contributed by atoms with Crippen molar-refractivity contribution < 1.29 is 5.11 Å². The molecule has 0 aromatic heterocycles. The highest BCUT2D eigenvalue weighted by Gasteiger charge is 2.13. The second kappa shape index (κ2) is 11.7. The molecule has 1 aliphatic rings. The van der Waals surface area contributed by atoms with Crippen molar-refractivity contribution >= 4 is 40.2 Å². The van der Waals surface area contributed by atoms with Crippen LogP contribution in [0.2, 0.25) is 10.0 Å². The summed E-state index contributed by atoms with van der Waals surface area (Å²) in [5, 5.41) is 10.3. The number of benzene rings is 1. The molecule has 0 unspecified atom stereocenters. The SMILES string of the molecule is Br.OCCCN(CCc1ccc(Cl)c(Cl)c1)CCN1CCCC1. The highest BCUT2D eigenvalue weighted by atomic mass is 79.9. The summed E-state index contributed by atoms with van der Waals surface area (Å²) in [7, 11) is 0. The quantitative estimate of drug-likeness (QED) is 0.649. The molecule has 1 aliphatic heterocycles. The van der Waals surface area contributed by atoms with Crippen molar-refractivity contribution in [2.24, 2.45) is 0 Å². The zero-order chi connectivity index (χ0) is 15.8. The third-order valence-corrected chi connectivity index (χ3v) is 5.00. The molecule has 0 bridgehead atoms. The maximum absolute atomic E-state index is 9.08. The van der Waals surface area contributed by atoms with Crippen LogP contribution in [0.15, 0.2) is 18.2 Å². The van der Waals surface area contributed by atoms with E-state index in [0.717, 1.165) is 39.0 Å². The number of likely N-dealkylation sites (tertiary alicyclic amines) is 1. The van der Waals surface area contributed by atoms with Gasteiger partial charge in [0.25, 0.3) is 0 Å². The van der Waals surface area contributed by atoms with Crippen LogP contribution in [0.1, 0.15) is 24.8 Å². The van der Waals surface area contributed by atoms with Crippen molar-refractivity contribution in [3.05, 3.63) is 33.8 Å². The van der Waals surface area contributed by atoms with E-state index in [1.165, 1.54) is 31.5 Å². The minimum atomic E-state index is 0. The molecular formula is C17H27BrCl2N2O. The molecule has 1 aromatic carbocycles. The van der Waals surface area contributed by atoms with Crippen molar-refractivity contribution in [1.29, 1.82) is 0 Å². The van der Waals surface area contributed by atoms with Gasteiger partial charge in [-0.25, -0.2) is 0 Å².